The minimum atomic E-state index is -0.409. The fraction of sp³-hybridized carbons (Fsp3) is 0. The first-order chi connectivity index (χ1) is 10.5. The molecular formula is C16H11NO4S. The van der Waals surface area contributed by atoms with Crippen LogP contribution in [0.5, 0.6) is 11.5 Å². The molecule has 1 fully saturated rings. The monoisotopic (exact) mass is 313 g/mol. The Kier molecular flexibility index (Phi) is 3.60. The van der Waals surface area contributed by atoms with Crippen molar-refractivity contribution in [3.8, 4) is 11.5 Å². The molecule has 0 saturated carbocycles. The third-order valence-corrected chi connectivity index (χ3v) is 3.96. The van der Waals surface area contributed by atoms with Crippen molar-refractivity contribution >= 4 is 34.7 Å². The van der Waals surface area contributed by atoms with E-state index < -0.39 is 5.91 Å². The largest absolute Gasteiger partial charge is 0.508 e. The van der Waals surface area contributed by atoms with Gasteiger partial charge in [-0.1, -0.05) is 12.1 Å². The first kappa shape index (κ1) is 14.2. The van der Waals surface area contributed by atoms with Crippen LogP contribution in [0.15, 0.2) is 53.4 Å². The maximum Gasteiger partial charge on any atom is 0.298 e. The van der Waals surface area contributed by atoms with Crippen LogP contribution in [0, 0.1) is 0 Å². The summed E-state index contributed by atoms with van der Waals surface area (Å²) in [5, 5.41) is 18.1. The molecule has 0 radical (unpaired) electrons. The van der Waals surface area contributed by atoms with Crippen LogP contribution in [0.1, 0.15) is 5.56 Å². The van der Waals surface area contributed by atoms with Gasteiger partial charge in [-0.15, -0.1) is 0 Å². The maximum atomic E-state index is 12.4. The number of phenols is 2. The van der Waals surface area contributed by atoms with Gasteiger partial charge in [0.1, 0.15) is 11.5 Å². The molecule has 5 nitrogen and oxygen atoms in total. The predicted molar refractivity (Wildman–Crippen MR) is 84.7 cm³/mol. The Morgan fingerprint density at radius 2 is 1.41 bits per heavy atom. The molecule has 0 unspecified atom stereocenters. The number of imide groups is 1. The maximum absolute atomic E-state index is 12.4. The van der Waals surface area contributed by atoms with E-state index in [1.165, 1.54) is 36.4 Å². The quantitative estimate of drug-likeness (QED) is 0.831. The van der Waals surface area contributed by atoms with Gasteiger partial charge in [-0.3, -0.25) is 9.59 Å². The second-order valence-corrected chi connectivity index (χ2v) is 5.62. The molecule has 22 heavy (non-hydrogen) atoms. The van der Waals surface area contributed by atoms with Crippen LogP contribution in [-0.2, 0) is 4.79 Å². The lowest BCUT2D eigenvalue weighted by Gasteiger charge is -2.12. The number of rotatable bonds is 2. The normalized spacial score (nSPS) is 16.5. The molecule has 6 heteroatoms. The summed E-state index contributed by atoms with van der Waals surface area (Å²) in [6.07, 6.45) is 1.60. The second kappa shape index (κ2) is 5.57. The minimum absolute atomic E-state index is 0.0651. The first-order valence-corrected chi connectivity index (χ1v) is 7.22. The summed E-state index contributed by atoms with van der Waals surface area (Å²) in [6.45, 7) is 0. The molecule has 0 bridgehead atoms. The average molecular weight is 313 g/mol. The smallest absolute Gasteiger partial charge is 0.298 e. The molecule has 1 saturated heterocycles. The number of carbonyl (C=O) groups is 2. The lowest BCUT2D eigenvalue weighted by molar-refractivity contribution is -0.113. The van der Waals surface area contributed by atoms with E-state index in [4.69, 9.17) is 0 Å². The zero-order valence-corrected chi connectivity index (χ0v) is 12.1. The van der Waals surface area contributed by atoms with Gasteiger partial charge in [0.15, 0.2) is 0 Å². The number of hydrogen-bond donors (Lipinski definition) is 2. The van der Waals surface area contributed by atoms with Crippen molar-refractivity contribution in [1.82, 2.24) is 0 Å². The summed E-state index contributed by atoms with van der Waals surface area (Å²) in [7, 11) is 0. The van der Waals surface area contributed by atoms with Crippen LogP contribution >= 0.6 is 11.8 Å². The molecule has 2 amide bonds. The van der Waals surface area contributed by atoms with Gasteiger partial charge in [-0.2, -0.15) is 0 Å². The van der Waals surface area contributed by atoms with Crippen LogP contribution in [0.25, 0.3) is 6.08 Å². The van der Waals surface area contributed by atoms with Crippen LogP contribution in [0.2, 0.25) is 0 Å². The standard InChI is InChI=1S/C16H11NO4S/c18-12-5-1-10(2-6-12)9-14-15(20)17(16(21)22-14)11-3-7-13(19)8-4-11/h1-9,18-19H. The number of phenolic OH excluding ortho intramolecular Hbond substituents is 2. The Balaban J connectivity index is 1.91. The summed E-state index contributed by atoms with van der Waals surface area (Å²) in [5.74, 6) is -0.210. The number of carbonyl (C=O) groups excluding carboxylic acids is 2. The predicted octanol–water partition coefficient (Wildman–Crippen LogP) is 3.34. The molecule has 0 aromatic heterocycles. The van der Waals surface area contributed by atoms with E-state index in [2.05, 4.69) is 0 Å². The van der Waals surface area contributed by atoms with E-state index >= 15 is 0 Å². The number of hydrogen-bond acceptors (Lipinski definition) is 5. The van der Waals surface area contributed by atoms with Crippen LogP contribution < -0.4 is 4.90 Å². The number of benzene rings is 2. The van der Waals surface area contributed by atoms with Gasteiger partial charge < -0.3 is 10.2 Å². The molecule has 1 aliphatic heterocycles. The van der Waals surface area contributed by atoms with Gasteiger partial charge in [0.05, 0.1) is 10.6 Å². The minimum Gasteiger partial charge on any atom is -0.508 e. The summed E-state index contributed by atoms with van der Waals surface area (Å²) < 4.78 is 0. The van der Waals surface area contributed by atoms with Gasteiger partial charge in [0.25, 0.3) is 11.1 Å². The molecule has 0 atom stereocenters. The number of thioether (sulfide) groups is 1. The van der Waals surface area contributed by atoms with Gasteiger partial charge in [0, 0.05) is 0 Å². The molecule has 2 aromatic carbocycles. The SMILES string of the molecule is O=C1SC(=Cc2ccc(O)cc2)C(=O)N1c1ccc(O)cc1. The molecular weight excluding hydrogens is 302 g/mol. The first-order valence-electron chi connectivity index (χ1n) is 6.40. The van der Waals surface area contributed by atoms with E-state index in [-0.39, 0.29) is 16.7 Å². The van der Waals surface area contributed by atoms with Crippen molar-refractivity contribution in [1.29, 1.82) is 0 Å². The van der Waals surface area contributed by atoms with E-state index in [1.807, 2.05) is 0 Å². The summed E-state index contributed by atoms with van der Waals surface area (Å²) in [6, 6.07) is 12.2. The van der Waals surface area contributed by atoms with Gasteiger partial charge in [-0.25, -0.2) is 4.90 Å². The van der Waals surface area contributed by atoms with Crippen molar-refractivity contribution in [3.63, 3.8) is 0 Å². The van der Waals surface area contributed by atoms with Gasteiger partial charge >= 0.3 is 0 Å². The molecule has 1 heterocycles. The fourth-order valence-corrected chi connectivity index (χ4v) is 2.86. The third-order valence-electron chi connectivity index (χ3n) is 3.09. The van der Waals surface area contributed by atoms with Crippen LogP contribution in [-0.4, -0.2) is 21.4 Å². The Labute approximate surface area is 130 Å². The van der Waals surface area contributed by atoms with Crippen molar-refractivity contribution in [3.05, 3.63) is 59.0 Å². The highest BCUT2D eigenvalue weighted by Gasteiger charge is 2.36. The number of aromatic hydroxyl groups is 2. The number of anilines is 1. The Morgan fingerprint density at radius 3 is 2.00 bits per heavy atom. The highest BCUT2D eigenvalue weighted by atomic mass is 32.2. The zero-order chi connectivity index (χ0) is 15.7. The fourth-order valence-electron chi connectivity index (χ4n) is 2.01. The van der Waals surface area contributed by atoms with Crippen molar-refractivity contribution < 1.29 is 19.8 Å². The van der Waals surface area contributed by atoms with Crippen molar-refractivity contribution in [2.75, 3.05) is 4.90 Å². The molecule has 110 valence electrons. The number of amides is 2. The van der Waals surface area contributed by atoms with Crippen molar-refractivity contribution in [2.24, 2.45) is 0 Å². The third kappa shape index (κ3) is 2.68. The lowest BCUT2D eigenvalue weighted by atomic mass is 10.2. The Morgan fingerprint density at radius 1 is 0.864 bits per heavy atom. The molecule has 1 aliphatic rings. The Bertz CT molecular complexity index is 766. The van der Waals surface area contributed by atoms with E-state index in [1.54, 1.807) is 18.2 Å². The molecule has 3 rings (SSSR count). The van der Waals surface area contributed by atoms with Crippen molar-refractivity contribution in [2.45, 2.75) is 0 Å². The summed E-state index contributed by atoms with van der Waals surface area (Å²) >= 11 is 0.853. The lowest BCUT2D eigenvalue weighted by Crippen LogP contribution is -2.27. The second-order valence-electron chi connectivity index (χ2n) is 4.63. The number of nitrogens with zero attached hydrogens (tertiary/aromatic N) is 1. The van der Waals surface area contributed by atoms with E-state index in [0.29, 0.717) is 16.2 Å². The van der Waals surface area contributed by atoms with Gasteiger partial charge in [0.2, 0.25) is 0 Å². The van der Waals surface area contributed by atoms with Crippen LogP contribution in [0.4, 0.5) is 10.5 Å². The zero-order valence-electron chi connectivity index (χ0n) is 11.3. The Hall–Kier alpha value is -2.73. The van der Waals surface area contributed by atoms with Crippen LogP contribution in [0.3, 0.4) is 0 Å². The summed E-state index contributed by atoms with van der Waals surface area (Å²) in [5.41, 5.74) is 1.13. The molecule has 0 aliphatic carbocycles. The molecule has 2 N–H and O–H groups in total. The van der Waals surface area contributed by atoms with Gasteiger partial charge in [-0.05, 0) is 59.8 Å². The topological polar surface area (TPSA) is 77.8 Å². The van der Waals surface area contributed by atoms with E-state index in [9.17, 15) is 19.8 Å². The molecule has 2 aromatic rings. The molecule has 0 spiro atoms. The van der Waals surface area contributed by atoms with E-state index in [0.717, 1.165) is 16.7 Å². The summed E-state index contributed by atoms with van der Waals surface area (Å²) in [4.78, 5) is 25.8. The average Bonchev–Trinajstić information content (AvgIpc) is 2.77. The highest BCUT2D eigenvalue weighted by Crippen LogP contribution is 2.36. The highest BCUT2D eigenvalue weighted by molar-refractivity contribution is 8.19.